The average molecular weight is 228 g/mol. The van der Waals surface area contributed by atoms with Gasteiger partial charge in [-0.25, -0.2) is 0 Å². The van der Waals surface area contributed by atoms with E-state index in [1.54, 1.807) is 11.3 Å². The molecule has 0 aliphatic carbocycles. The van der Waals surface area contributed by atoms with Gasteiger partial charge < -0.3 is 10.2 Å². The van der Waals surface area contributed by atoms with Crippen LogP contribution in [-0.2, 0) is 0 Å². The average Bonchev–Trinajstić information content (AvgIpc) is 2.63. The van der Waals surface area contributed by atoms with E-state index in [1.807, 2.05) is 6.92 Å². The molecule has 1 heterocycles. The van der Waals surface area contributed by atoms with Crippen LogP contribution in [0.25, 0.3) is 0 Å². The second-order valence-electron chi connectivity index (χ2n) is 4.13. The Hall–Kier alpha value is -0.380. The Labute approximate surface area is 95.6 Å². The van der Waals surface area contributed by atoms with E-state index >= 15 is 0 Å². The van der Waals surface area contributed by atoms with Crippen molar-refractivity contribution in [3.05, 3.63) is 21.9 Å². The van der Waals surface area contributed by atoms with Crippen molar-refractivity contribution >= 4 is 11.3 Å². The van der Waals surface area contributed by atoms with E-state index in [1.165, 1.54) is 9.75 Å². The van der Waals surface area contributed by atoms with Crippen molar-refractivity contribution in [1.29, 1.82) is 0 Å². The van der Waals surface area contributed by atoms with E-state index in [9.17, 15) is 10.2 Å². The zero-order chi connectivity index (χ0) is 11.4. The number of thiophene rings is 1. The maximum absolute atomic E-state index is 9.71. The predicted molar refractivity (Wildman–Crippen MR) is 64.4 cm³/mol. The van der Waals surface area contributed by atoms with E-state index < -0.39 is 12.2 Å². The van der Waals surface area contributed by atoms with Crippen molar-refractivity contribution in [2.24, 2.45) is 0 Å². The predicted octanol–water partition coefficient (Wildman–Crippen LogP) is 2.68. The molecule has 0 saturated heterocycles. The molecule has 15 heavy (non-hydrogen) atoms. The summed E-state index contributed by atoms with van der Waals surface area (Å²) < 4.78 is 0. The SMILES string of the molecule is CCC(O)C(O)CC(C)c1ccc(C)s1. The summed E-state index contributed by atoms with van der Waals surface area (Å²) in [6, 6.07) is 4.20. The van der Waals surface area contributed by atoms with Gasteiger partial charge in [0.25, 0.3) is 0 Å². The number of aliphatic hydroxyl groups excluding tert-OH is 2. The van der Waals surface area contributed by atoms with E-state index in [0.29, 0.717) is 18.8 Å². The maximum Gasteiger partial charge on any atom is 0.0805 e. The van der Waals surface area contributed by atoms with Crippen LogP contribution in [0.1, 0.15) is 42.4 Å². The molecule has 2 N–H and O–H groups in total. The third kappa shape index (κ3) is 3.59. The smallest absolute Gasteiger partial charge is 0.0805 e. The first-order valence-corrected chi connectivity index (χ1v) is 6.28. The minimum atomic E-state index is -0.604. The van der Waals surface area contributed by atoms with Gasteiger partial charge in [-0.15, -0.1) is 11.3 Å². The van der Waals surface area contributed by atoms with Crippen LogP contribution < -0.4 is 0 Å². The van der Waals surface area contributed by atoms with Crippen molar-refractivity contribution < 1.29 is 10.2 Å². The monoisotopic (exact) mass is 228 g/mol. The largest absolute Gasteiger partial charge is 0.390 e. The Bertz CT molecular complexity index is 296. The van der Waals surface area contributed by atoms with Gasteiger partial charge in [0.1, 0.15) is 0 Å². The van der Waals surface area contributed by atoms with Gasteiger partial charge >= 0.3 is 0 Å². The van der Waals surface area contributed by atoms with Crippen LogP contribution >= 0.6 is 11.3 Å². The van der Waals surface area contributed by atoms with E-state index in [-0.39, 0.29) is 0 Å². The van der Waals surface area contributed by atoms with Crippen LogP contribution in [0.2, 0.25) is 0 Å². The van der Waals surface area contributed by atoms with Crippen molar-refractivity contribution in [3.8, 4) is 0 Å². The molecule has 1 aromatic rings. The number of rotatable bonds is 5. The molecule has 1 rings (SSSR count). The van der Waals surface area contributed by atoms with Gasteiger partial charge in [-0.2, -0.15) is 0 Å². The molecule has 0 aromatic carbocycles. The first-order chi connectivity index (χ1) is 7.04. The minimum Gasteiger partial charge on any atom is -0.390 e. The van der Waals surface area contributed by atoms with Gasteiger partial charge in [-0.05, 0) is 37.8 Å². The van der Waals surface area contributed by atoms with Crippen molar-refractivity contribution in [1.82, 2.24) is 0 Å². The van der Waals surface area contributed by atoms with Crippen molar-refractivity contribution in [3.63, 3.8) is 0 Å². The highest BCUT2D eigenvalue weighted by molar-refractivity contribution is 7.12. The second kappa shape index (κ2) is 5.64. The Kier molecular flexibility index (Phi) is 4.77. The highest BCUT2D eigenvalue weighted by Gasteiger charge is 2.19. The molecule has 0 aliphatic heterocycles. The molecule has 0 spiro atoms. The summed E-state index contributed by atoms with van der Waals surface area (Å²) >= 11 is 1.76. The second-order valence-corrected chi connectivity index (χ2v) is 5.45. The van der Waals surface area contributed by atoms with E-state index in [0.717, 1.165) is 0 Å². The highest BCUT2D eigenvalue weighted by atomic mass is 32.1. The van der Waals surface area contributed by atoms with Gasteiger partial charge in [0.2, 0.25) is 0 Å². The Morgan fingerprint density at radius 3 is 2.40 bits per heavy atom. The normalized spacial score (nSPS) is 17.4. The van der Waals surface area contributed by atoms with Gasteiger partial charge in [-0.1, -0.05) is 13.8 Å². The van der Waals surface area contributed by atoms with Crippen LogP contribution in [0.15, 0.2) is 12.1 Å². The van der Waals surface area contributed by atoms with Gasteiger partial charge in [-0.3, -0.25) is 0 Å². The lowest BCUT2D eigenvalue weighted by molar-refractivity contribution is 0.00970. The number of hydrogen-bond acceptors (Lipinski definition) is 3. The zero-order valence-electron chi connectivity index (χ0n) is 9.60. The lowest BCUT2D eigenvalue weighted by Gasteiger charge is -2.19. The maximum atomic E-state index is 9.71. The van der Waals surface area contributed by atoms with Crippen molar-refractivity contribution in [2.75, 3.05) is 0 Å². The van der Waals surface area contributed by atoms with Gasteiger partial charge in [0.15, 0.2) is 0 Å². The molecule has 86 valence electrons. The van der Waals surface area contributed by atoms with Crippen LogP contribution in [0, 0.1) is 6.92 Å². The van der Waals surface area contributed by atoms with Crippen LogP contribution in [0.4, 0.5) is 0 Å². The zero-order valence-corrected chi connectivity index (χ0v) is 10.4. The summed E-state index contributed by atoms with van der Waals surface area (Å²) in [6.07, 6.45) is 0.0488. The molecule has 3 atom stereocenters. The number of aliphatic hydroxyl groups is 2. The molecule has 0 saturated carbocycles. The Morgan fingerprint density at radius 1 is 1.27 bits per heavy atom. The van der Waals surface area contributed by atoms with Crippen LogP contribution in [0.5, 0.6) is 0 Å². The summed E-state index contributed by atoms with van der Waals surface area (Å²) in [5, 5.41) is 19.2. The Balaban J connectivity index is 2.52. The fourth-order valence-corrected chi connectivity index (χ4v) is 2.57. The first kappa shape index (κ1) is 12.7. The molecular weight excluding hydrogens is 208 g/mol. The molecule has 0 aliphatic rings. The standard InChI is InChI=1S/C12H20O2S/c1-4-10(13)11(14)7-8(2)12-6-5-9(3)15-12/h5-6,8,10-11,13-14H,4,7H2,1-3H3. The third-order valence-electron chi connectivity index (χ3n) is 2.70. The first-order valence-electron chi connectivity index (χ1n) is 5.47. The van der Waals surface area contributed by atoms with E-state index in [2.05, 4.69) is 26.0 Å². The van der Waals surface area contributed by atoms with Gasteiger partial charge in [0.05, 0.1) is 12.2 Å². The summed E-state index contributed by atoms with van der Waals surface area (Å²) in [6.45, 7) is 6.06. The van der Waals surface area contributed by atoms with Crippen LogP contribution in [-0.4, -0.2) is 22.4 Å². The lowest BCUT2D eigenvalue weighted by Crippen LogP contribution is -2.26. The van der Waals surface area contributed by atoms with Crippen LogP contribution in [0.3, 0.4) is 0 Å². The third-order valence-corrected chi connectivity index (χ3v) is 3.94. The minimum absolute atomic E-state index is 0.319. The molecule has 2 nitrogen and oxygen atoms in total. The summed E-state index contributed by atoms with van der Waals surface area (Å²) in [5.41, 5.74) is 0. The molecule has 0 radical (unpaired) electrons. The molecule has 3 heteroatoms. The topological polar surface area (TPSA) is 40.5 Å². The summed E-state index contributed by atoms with van der Waals surface area (Å²) in [5.74, 6) is 0.319. The fraction of sp³-hybridized carbons (Fsp3) is 0.667. The van der Waals surface area contributed by atoms with E-state index in [4.69, 9.17) is 0 Å². The molecule has 0 bridgehead atoms. The Morgan fingerprint density at radius 2 is 1.93 bits per heavy atom. The molecular formula is C12H20O2S. The number of hydrogen-bond donors (Lipinski definition) is 2. The molecule has 3 unspecified atom stereocenters. The van der Waals surface area contributed by atoms with Crippen molar-refractivity contribution in [2.45, 2.75) is 51.7 Å². The number of aryl methyl sites for hydroxylation is 1. The fourth-order valence-electron chi connectivity index (χ4n) is 1.63. The quantitative estimate of drug-likeness (QED) is 0.813. The summed E-state index contributed by atoms with van der Waals surface area (Å²) in [7, 11) is 0. The highest BCUT2D eigenvalue weighted by Crippen LogP contribution is 2.28. The lowest BCUT2D eigenvalue weighted by atomic mass is 9.98. The summed E-state index contributed by atoms with van der Waals surface area (Å²) in [4.78, 5) is 2.58. The molecule has 0 amide bonds. The molecule has 0 fully saturated rings. The van der Waals surface area contributed by atoms with Gasteiger partial charge in [0, 0.05) is 9.75 Å². The molecule has 1 aromatic heterocycles.